The smallest absolute Gasteiger partial charge is 0.224 e. The molecule has 2 aromatic rings. The molecule has 2 atom stereocenters. The lowest BCUT2D eigenvalue weighted by Gasteiger charge is -2.33. The van der Waals surface area contributed by atoms with Crippen LogP contribution in [0.25, 0.3) is 0 Å². The van der Waals surface area contributed by atoms with Crippen LogP contribution in [0.3, 0.4) is 0 Å². The lowest BCUT2D eigenvalue weighted by Crippen LogP contribution is -2.36. The minimum atomic E-state index is 0.120. The van der Waals surface area contributed by atoms with Crippen LogP contribution < -0.4 is 10.6 Å². The summed E-state index contributed by atoms with van der Waals surface area (Å²) in [5.74, 6) is 0.120. The second-order valence-electron chi connectivity index (χ2n) is 8.70. The van der Waals surface area contributed by atoms with Gasteiger partial charge in [-0.2, -0.15) is 0 Å². The molecule has 1 saturated heterocycles. The van der Waals surface area contributed by atoms with Crippen LogP contribution in [-0.2, 0) is 24.3 Å². The SMILES string of the molecule is CC(NCc1ccc(CN2CCCCC2C)cc1)c1ccc2c(c1)CCC(=O)N2. The van der Waals surface area contributed by atoms with Gasteiger partial charge in [0.2, 0.25) is 5.91 Å². The van der Waals surface area contributed by atoms with Gasteiger partial charge in [-0.25, -0.2) is 0 Å². The van der Waals surface area contributed by atoms with Gasteiger partial charge in [-0.15, -0.1) is 0 Å². The summed E-state index contributed by atoms with van der Waals surface area (Å²) in [4.78, 5) is 14.1. The van der Waals surface area contributed by atoms with Crippen LogP contribution in [-0.4, -0.2) is 23.4 Å². The molecule has 2 unspecified atom stereocenters. The zero-order valence-corrected chi connectivity index (χ0v) is 17.7. The summed E-state index contributed by atoms with van der Waals surface area (Å²) in [6, 6.07) is 16.4. The second kappa shape index (κ2) is 9.10. The fourth-order valence-electron chi connectivity index (χ4n) is 4.45. The Labute approximate surface area is 174 Å². The molecule has 2 aliphatic rings. The van der Waals surface area contributed by atoms with E-state index in [0.29, 0.717) is 12.5 Å². The third-order valence-electron chi connectivity index (χ3n) is 6.49. The number of anilines is 1. The molecular formula is C25H33N3O. The summed E-state index contributed by atoms with van der Waals surface area (Å²) in [6.07, 6.45) is 5.45. The number of benzene rings is 2. The van der Waals surface area contributed by atoms with E-state index in [1.165, 1.54) is 48.1 Å². The van der Waals surface area contributed by atoms with Crippen LogP contribution in [0.15, 0.2) is 42.5 Å². The number of likely N-dealkylation sites (tertiary alicyclic amines) is 1. The molecule has 4 nitrogen and oxygen atoms in total. The van der Waals surface area contributed by atoms with Crippen LogP contribution in [0.5, 0.6) is 0 Å². The number of aryl methyl sites for hydroxylation is 1. The highest BCUT2D eigenvalue weighted by Crippen LogP contribution is 2.26. The first-order valence-corrected chi connectivity index (χ1v) is 11.1. The van der Waals surface area contributed by atoms with E-state index in [0.717, 1.165) is 25.2 Å². The zero-order chi connectivity index (χ0) is 20.2. The highest BCUT2D eigenvalue weighted by molar-refractivity contribution is 5.93. The molecular weight excluding hydrogens is 358 g/mol. The molecule has 0 radical (unpaired) electrons. The maximum absolute atomic E-state index is 11.5. The fourth-order valence-corrected chi connectivity index (χ4v) is 4.45. The minimum absolute atomic E-state index is 0.120. The van der Waals surface area contributed by atoms with E-state index < -0.39 is 0 Å². The summed E-state index contributed by atoms with van der Waals surface area (Å²) in [5, 5.41) is 6.60. The predicted molar refractivity (Wildman–Crippen MR) is 119 cm³/mol. The van der Waals surface area contributed by atoms with Crippen molar-refractivity contribution in [2.24, 2.45) is 0 Å². The molecule has 0 aliphatic carbocycles. The number of carbonyl (C=O) groups excluding carboxylic acids is 1. The van der Waals surface area contributed by atoms with Crippen LogP contribution in [0, 0.1) is 0 Å². The Morgan fingerprint density at radius 2 is 1.90 bits per heavy atom. The Balaban J connectivity index is 1.31. The lowest BCUT2D eigenvalue weighted by atomic mass is 9.97. The van der Waals surface area contributed by atoms with E-state index in [2.05, 4.69) is 65.8 Å². The highest BCUT2D eigenvalue weighted by atomic mass is 16.1. The number of nitrogens with zero attached hydrogens (tertiary/aromatic N) is 1. The molecule has 29 heavy (non-hydrogen) atoms. The molecule has 0 bridgehead atoms. The molecule has 4 rings (SSSR count). The molecule has 2 aromatic carbocycles. The van der Waals surface area contributed by atoms with Crippen molar-refractivity contribution >= 4 is 11.6 Å². The molecule has 2 N–H and O–H groups in total. The van der Waals surface area contributed by atoms with E-state index in [9.17, 15) is 4.79 Å². The van der Waals surface area contributed by atoms with Crippen molar-refractivity contribution < 1.29 is 4.79 Å². The van der Waals surface area contributed by atoms with Gasteiger partial charge in [0.25, 0.3) is 0 Å². The topological polar surface area (TPSA) is 44.4 Å². The van der Waals surface area contributed by atoms with Crippen molar-refractivity contribution in [1.82, 2.24) is 10.2 Å². The van der Waals surface area contributed by atoms with E-state index in [1.54, 1.807) is 0 Å². The summed E-state index contributed by atoms with van der Waals surface area (Å²) in [5.41, 5.74) is 6.21. The molecule has 1 amide bonds. The predicted octanol–water partition coefficient (Wildman–Crippen LogP) is 4.80. The third kappa shape index (κ3) is 5.06. The fraction of sp³-hybridized carbons (Fsp3) is 0.480. The first kappa shape index (κ1) is 20.1. The van der Waals surface area contributed by atoms with Crippen LogP contribution in [0.1, 0.15) is 67.8 Å². The third-order valence-corrected chi connectivity index (χ3v) is 6.49. The molecule has 0 aromatic heterocycles. The number of amides is 1. The van der Waals surface area contributed by atoms with Crippen molar-refractivity contribution in [3.63, 3.8) is 0 Å². The van der Waals surface area contributed by atoms with E-state index in [-0.39, 0.29) is 11.9 Å². The lowest BCUT2D eigenvalue weighted by molar-refractivity contribution is -0.116. The van der Waals surface area contributed by atoms with E-state index in [4.69, 9.17) is 0 Å². The van der Waals surface area contributed by atoms with Gasteiger partial charge in [0, 0.05) is 37.3 Å². The Morgan fingerprint density at radius 1 is 1.10 bits per heavy atom. The van der Waals surface area contributed by atoms with Crippen LogP contribution in [0.2, 0.25) is 0 Å². The minimum Gasteiger partial charge on any atom is -0.326 e. The average Bonchev–Trinajstić information content (AvgIpc) is 2.74. The number of carbonyl (C=O) groups is 1. The first-order valence-electron chi connectivity index (χ1n) is 11.1. The zero-order valence-electron chi connectivity index (χ0n) is 17.7. The molecule has 0 spiro atoms. The number of nitrogens with one attached hydrogen (secondary N) is 2. The molecule has 2 aliphatic heterocycles. The Morgan fingerprint density at radius 3 is 2.69 bits per heavy atom. The normalized spacial score (nSPS) is 20.8. The summed E-state index contributed by atoms with van der Waals surface area (Å²) >= 11 is 0. The van der Waals surface area contributed by atoms with Crippen molar-refractivity contribution in [3.8, 4) is 0 Å². The largest absolute Gasteiger partial charge is 0.326 e. The number of hydrogen-bond donors (Lipinski definition) is 2. The molecule has 1 fully saturated rings. The van der Waals surface area contributed by atoms with Crippen molar-refractivity contribution in [3.05, 3.63) is 64.7 Å². The summed E-state index contributed by atoms with van der Waals surface area (Å²) in [7, 11) is 0. The number of piperidine rings is 1. The molecule has 154 valence electrons. The van der Waals surface area contributed by atoms with Gasteiger partial charge in [-0.05, 0) is 68.0 Å². The van der Waals surface area contributed by atoms with Gasteiger partial charge in [-0.1, -0.05) is 42.8 Å². The summed E-state index contributed by atoms with van der Waals surface area (Å²) < 4.78 is 0. The average molecular weight is 392 g/mol. The van der Waals surface area contributed by atoms with E-state index >= 15 is 0 Å². The highest BCUT2D eigenvalue weighted by Gasteiger charge is 2.18. The van der Waals surface area contributed by atoms with E-state index in [1.807, 2.05) is 6.07 Å². The summed E-state index contributed by atoms with van der Waals surface area (Å²) in [6.45, 7) is 7.71. The van der Waals surface area contributed by atoms with Crippen LogP contribution >= 0.6 is 0 Å². The van der Waals surface area contributed by atoms with Gasteiger partial charge < -0.3 is 10.6 Å². The first-order chi connectivity index (χ1) is 14.1. The standard InChI is InChI=1S/C25H33N3O/c1-18-5-3-4-14-28(18)17-21-8-6-20(7-9-21)16-26-19(2)22-10-12-24-23(15-22)11-13-25(29)27-24/h6-10,12,15,18-19,26H,3-5,11,13-14,16-17H2,1-2H3,(H,27,29). The van der Waals surface area contributed by atoms with Gasteiger partial charge >= 0.3 is 0 Å². The van der Waals surface area contributed by atoms with Gasteiger partial charge in [0.1, 0.15) is 0 Å². The van der Waals surface area contributed by atoms with Crippen molar-refractivity contribution in [1.29, 1.82) is 0 Å². The number of rotatable bonds is 6. The maximum Gasteiger partial charge on any atom is 0.224 e. The monoisotopic (exact) mass is 391 g/mol. The molecule has 4 heteroatoms. The quantitative estimate of drug-likeness (QED) is 0.744. The molecule has 0 saturated carbocycles. The Bertz CT molecular complexity index is 846. The Kier molecular flexibility index (Phi) is 6.31. The van der Waals surface area contributed by atoms with Gasteiger partial charge in [0.05, 0.1) is 0 Å². The number of hydrogen-bond acceptors (Lipinski definition) is 3. The van der Waals surface area contributed by atoms with Gasteiger partial charge in [0.15, 0.2) is 0 Å². The molecule has 2 heterocycles. The van der Waals surface area contributed by atoms with Crippen molar-refractivity contribution in [2.75, 3.05) is 11.9 Å². The van der Waals surface area contributed by atoms with Crippen LogP contribution in [0.4, 0.5) is 5.69 Å². The second-order valence-corrected chi connectivity index (χ2v) is 8.70. The maximum atomic E-state index is 11.5. The van der Waals surface area contributed by atoms with Crippen molar-refractivity contribution in [2.45, 2.75) is 71.1 Å². The van der Waals surface area contributed by atoms with Gasteiger partial charge in [-0.3, -0.25) is 9.69 Å². The Hall–Kier alpha value is -2.17. The number of fused-ring (bicyclic) bond motifs is 1.